The third-order valence-corrected chi connectivity index (χ3v) is 2.14. The van der Waals surface area contributed by atoms with Crippen LogP contribution in [0.25, 0.3) is 0 Å². The molecule has 1 rings (SSSR count). The first-order chi connectivity index (χ1) is 6.60. The molecule has 0 atom stereocenters. The highest BCUT2D eigenvalue weighted by Gasteiger charge is 2.10. The van der Waals surface area contributed by atoms with Gasteiger partial charge in [0.1, 0.15) is 11.5 Å². The maximum absolute atomic E-state index is 5.31. The van der Waals surface area contributed by atoms with Gasteiger partial charge in [-0.1, -0.05) is 0 Å². The average Bonchev–Trinajstić information content (AvgIpc) is 2.15. The van der Waals surface area contributed by atoms with Gasteiger partial charge in [-0.25, -0.2) is 0 Å². The fourth-order valence-corrected chi connectivity index (χ4v) is 1.56. The lowest BCUT2D eigenvalue weighted by Crippen LogP contribution is -2.11. The van der Waals surface area contributed by atoms with Crippen molar-refractivity contribution in [2.24, 2.45) is 0 Å². The van der Waals surface area contributed by atoms with Crippen molar-refractivity contribution in [1.29, 1.82) is 0 Å². The number of aryl methyl sites for hydroxylation is 1. The number of rotatable bonds is 3. The van der Waals surface area contributed by atoms with Crippen LogP contribution < -0.4 is 14.4 Å². The molecule has 0 saturated heterocycles. The van der Waals surface area contributed by atoms with E-state index < -0.39 is 0 Å². The lowest BCUT2D eigenvalue weighted by atomic mass is 10.1. The molecule has 0 aliphatic rings. The van der Waals surface area contributed by atoms with Gasteiger partial charge in [-0.2, -0.15) is 0 Å². The highest BCUT2D eigenvalue weighted by atomic mass is 16.5. The highest BCUT2D eigenvalue weighted by molar-refractivity contribution is 5.65. The van der Waals surface area contributed by atoms with Crippen molar-refractivity contribution in [2.75, 3.05) is 33.2 Å². The molecule has 0 amide bonds. The molecule has 0 heterocycles. The van der Waals surface area contributed by atoms with E-state index in [0.717, 1.165) is 22.7 Å². The third-order valence-electron chi connectivity index (χ3n) is 2.14. The van der Waals surface area contributed by atoms with Crippen molar-refractivity contribution in [2.45, 2.75) is 6.92 Å². The summed E-state index contributed by atoms with van der Waals surface area (Å²) in [6, 6.07) is 3.89. The Morgan fingerprint density at radius 1 is 1.07 bits per heavy atom. The van der Waals surface area contributed by atoms with E-state index in [1.807, 2.05) is 38.1 Å². The summed E-state index contributed by atoms with van der Waals surface area (Å²) in [5.74, 6) is 1.66. The number of methoxy groups -OCH3 is 2. The summed E-state index contributed by atoms with van der Waals surface area (Å²) in [6.45, 7) is 2.04. The van der Waals surface area contributed by atoms with Crippen LogP contribution in [-0.2, 0) is 0 Å². The summed E-state index contributed by atoms with van der Waals surface area (Å²) < 4.78 is 10.5. The molecule has 0 aliphatic carbocycles. The zero-order valence-corrected chi connectivity index (χ0v) is 9.42. The van der Waals surface area contributed by atoms with Gasteiger partial charge in [0, 0.05) is 20.2 Å². The Balaban J connectivity index is 3.27. The average molecular weight is 195 g/mol. The van der Waals surface area contributed by atoms with Crippen LogP contribution in [0.3, 0.4) is 0 Å². The van der Waals surface area contributed by atoms with Gasteiger partial charge in [-0.05, 0) is 18.6 Å². The Morgan fingerprint density at radius 3 is 2.14 bits per heavy atom. The van der Waals surface area contributed by atoms with Gasteiger partial charge < -0.3 is 14.4 Å². The Kier molecular flexibility index (Phi) is 3.23. The molecule has 0 N–H and O–H groups in total. The number of hydrogen-bond donors (Lipinski definition) is 0. The van der Waals surface area contributed by atoms with Crippen LogP contribution in [-0.4, -0.2) is 28.3 Å². The van der Waals surface area contributed by atoms with Crippen molar-refractivity contribution in [3.05, 3.63) is 17.7 Å². The number of hydrogen-bond acceptors (Lipinski definition) is 3. The molecule has 1 aromatic carbocycles. The number of benzene rings is 1. The maximum Gasteiger partial charge on any atom is 0.146 e. The molecule has 0 radical (unpaired) electrons. The van der Waals surface area contributed by atoms with Crippen molar-refractivity contribution in [3.63, 3.8) is 0 Å². The van der Waals surface area contributed by atoms with E-state index >= 15 is 0 Å². The molecular weight excluding hydrogens is 178 g/mol. The smallest absolute Gasteiger partial charge is 0.146 e. The molecule has 14 heavy (non-hydrogen) atoms. The first kappa shape index (κ1) is 10.7. The topological polar surface area (TPSA) is 21.7 Å². The zero-order valence-electron chi connectivity index (χ0n) is 9.42. The molecule has 78 valence electrons. The van der Waals surface area contributed by atoms with Crippen LogP contribution in [0.1, 0.15) is 5.56 Å². The monoisotopic (exact) mass is 195 g/mol. The first-order valence-electron chi connectivity index (χ1n) is 4.50. The molecule has 0 aromatic heterocycles. The molecule has 1 aromatic rings. The summed E-state index contributed by atoms with van der Waals surface area (Å²) in [4.78, 5) is 2.04. The van der Waals surface area contributed by atoms with Crippen LogP contribution in [0.15, 0.2) is 12.1 Å². The summed E-state index contributed by atoms with van der Waals surface area (Å²) in [5, 5.41) is 0. The summed E-state index contributed by atoms with van der Waals surface area (Å²) in [7, 11) is 7.32. The SMILES string of the molecule is COc1cc(C)c(N(C)C)c(OC)c1. The van der Waals surface area contributed by atoms with Crippen molar-refractivity contribution in [3.8, 4) is 11.5 Å². The van der Waals surface area contributed by atoms with Crippen LogP contribution in [0.4, 0.5) is 5.69 Å². The van der Waals surface area contributed by atoms with E-state index in [0.29, 0.717) is 0 Å². The van der Waals surface area contributed by atoms with Crippen molar-refractivity contribution < 1.29 is 9.47 Å². The van der Waals surface area contributed by atoms with Gasteiger partial charge in [0.05, 0.1) is 19.9 Å². The minimum absolute atomic E-state index is 0.824. The molecular formula is C11H17NO2. The molecule has 0 bridgehead atoms. The lowest BCUT2D eigenvalue weighted by molar-refractivity contribution is 0.394. The Hall–Kier alpha value is -1.38. The maximum atomic E-state index is 5.31. The van der Waals surface area contributed by atoms with Gasteiger partial charge in [-0.3, -0.25) is 0 Å². The second-order valence-electron chi connectivity index (χ2n) is 3.39. The largest absolute Gasteiger partial charge is 0.497 e. The van der Waals surface area contributed by atoms with Gasteiger partial charge in [0.25, 0.3) is 0 Å². The normalized spacial score (nSPS) is 9.79. The predicted molar refractivity (Wildman–Crippen MR) is 58.6 cm³/mol. The van der Waals surface area contributed by atoms with Crippen molar-refractivity contribution >= 4 is 5.69 Å². The van der Waals surface area contributed by atoms with E-state index in [1.165, 1.54) is 0 Å². The standard InChI is InChI=1S/C11H17NO2/c1-8-6-9(13-4)7-10(14-5)11(8)12(2)3/h6-7H,1-5H3. The predicted octanol–water partition coefficient (Wildman–Crippen LogP) is 2.08. The Morgan fingerprint density at radius 2 is 1.71 bits per heavy atom. The van der Waals surface area contributed by atoms with Crippen molar-refractivity contribution in [1.82, 2.24) is 0 Å². The quantitative estimate of drug-likeness (QED) is 0.737. The van der Waals surface area contributed by atoms with Crippen LogP contribution in [0.5, 0.6) is 11.5 Å². The Bertz CT molecular complexity index is 321. The van der Waals surface area contributed by atoms with E-state index in [2.05, 4.69) is 0 Å². The lowest BCUT2D eigenvalue weighted by Gasteiger charge is -2.20. The number of anilines is 1. The summed E-state index contributed by atoms with van der Waals surface area (Å²) in [6.07, 6.45) is 0. The van der Waals surface area contributed by atoms with E-state index in [-0.39, 0.29) is 0 Å². The molecule has 0 aliphatic heterocycles. The second kappa shape index (κ2) is 4.22. The van der Waals surface area contributed by atoms with Gasteiger partial charge in [0.2, 0.25) is 0 Å². The molecule has 0 fully saturated rings. The van der Waals surface area contributed by atoms with Gasteiger partial charge in [0.15, 0.2) is 0 Å². The minimum atomic E-state index is 0.824. The van der Waals surface area contributed by atoms with E-state index in [1.54, 1.807) is 14.2 Å². The van der Waals surface area contributed by atoms with Gasteiger partial charge >= 0.3 is 0 Å². The fraction of sp³-hybridized carbons (Fsp3) is 0.455. The summed E-state index contributed by atoms with van der Waals surface area (Å²) in [5.41, 5.74) is 2.24. The molecule has 3 nitrogen and oxygen atoms in total. The number of nitrogens with zero attached hydrogens (tertiary/aromatic N) is 1. The van der Waals surface area contributed by atoms with Crippen LogP contribution in [0, 0.1) is 6.92 Å². The molecule has 0 saturated carbocycles. The third kappa shape index (κ3) is 1.92. The van der Waals surface area contributed by atoms with E-state index in [4.69, 9.17) is 9.47 Å². The number of ether oxygens (including phenoxy) is 2. The van der Waals surface area contributed by atoms with Crippen LogP contribution in [0.2, 0.25) is 0 Å². The van der Waals surface area contributed by atoms with Gasteiger partial charge in [-0.15, -0.1) is 0 Å². The van der Waals surface area contributed by atoms with E-state index in [9.17, 15) is 0 Å². The first-order valence-corrected chi connectivity index (χ1v) is 4.50. The van der Waals surface area contributed by atoms with Crippen LogP contribution >= 0.6 is 0 Å². The summed E-state index contributed by atoms with van der Waals surface area (Å²) >= 11 is 0. The minimum Gasteiger partial charge on any atom is -0.497 e. The fourth-order valence-electron chi connectivity index (χ4n) is 1.56. The second-order valence-corrected chi connectivity index (χ2v) is 3.39. The Labute approximate surface area is 85.2 Å². The zero-order chi connectivity index (χ0) is 10.7. The molecule has 3 heteroatoms. The highest BCUT2D eigenvalue weighted by Crippen LogP contribution is 2.34. The molecule has 0 unspecified atom stereocenters. The molecule has 0 spiro atoms.